The fraction of sp³-hybridized carbons (Fsp3) is 0.167. The third kappa shape index (κ3) is 4.35. The Morgan fingerprint density at radius 2 is 1.72 bits per heavy atom. The zero-order valence-electron chi connectivity index (χ0n) is 17.4. The number of nitrogens with one attached hydrogen (secondary N) is 1. The highest BCUT2D eigenvalue weighted by Crippen LogP contribution is 2.25. The maximum Gasteiger partial charge on any atom is 0.261 e. The maximum absolute atomic E-state index is 12.8. The Morgan fingerprint density at radius 1 is 0.969 bits per heavy atom. The topological polar surface area (TPSA) is 97.8 Å². The van der Waals surface area contributed by atoms with Gasteiger partial charge in [-0.15, -0.1) is 0 Å². The van der Waals surface area contributed by atoms with E-state index in [1.807, 2.05) is 0 Å². The molecule has 0 aliphatic carbocycles. The van der Waals surface area contributed by atoms with Crippen LogP contribution in [0.1, 0.15) is 36.6 Å². The zero-order valence-corrected chi connectivity index (χ0v) is 17.4. The summed E-state index contributed by atoms with van der Waals surface area (Å²) in [5.74, 6) is -0.749. The fourth-order valence-corrected chi connectivity index (χ4v) is 3.39. The molecule has 0 radical (unpaired) electrons. The molecule has 3 aromatic rings. The largest absolute Gasteiger partial charge is 0.474 e. The number of imide groups is 1. The van der Waals surface area contributed by atoms with Crippen molar-refractivity contribution >= 4 is 23.4 Å². The molecule has 0 saturated heterocycles. The second-order valence-electron chi connectivity index (χ2n) is 7.09. The minimum atomic E-state index is -0.362. The van der Waals surface area contributed by atoms with E-state index in [-0.39, 0.29) is 24.3 Å². The lowest BCUT2D eigenvalue weighted by Crippen LogP contribution is -2.29. The molecule has 2 aromatic carbocycles. The number of hydrogen-bond acceptors (Lipinski definition) is 6. The highest BCUT2D eigenvalue weighted by Gasteiger charge is 2.35. The van der Waals surface area contributed by atoms with Crippen molar-refractivity contribution in [3.63, 3.8) is 0 Å². The van der Waals surface area contributed by atoms with Gasteiger partial charge >= 0.3 is 0 Å². The fourth-order valence-electron chi connectivity index (χ4n) is 3.39. The molecule has 162 valence electrons. The smallest absolute Gasteiger partial charge is 0.261 e. The first-order valence-corrected chi connectivity index (χ1v) is 10.0. The molecule has 8 nitrogen and oxygen atoms in total. The summed E-state index contributed by atoms with van der Waals surface area (Å²) in [5.41, 5.74) is 2.26. The van der Waals surface area contributed by atoms with Crippen molar-refractivity contribution in [3.8, 4) is 5.88 Å². The Kier molecular flexibility index (Phi) is 6.23. The van der Waals surface area contributed by atoms with Gasteiger partial charge in [0.25, 0.3) is 17.7 Å². The van der Waals surface area contributed by atoms with Crippen molar-refractivity contribution in [2.24, 2.45) is 0 Å². The Bertz CT molecular complexity index is 1140. The van der Waals surface area contributed by atoms with E-state index in [0.717, 1.165) is 0 Å². The van der Waals surface area contributed by atoms with Gasteiger partial charge in [-0.2, -0.15) is 0 Å². The molecule has 1 aliphatic rings. The van der Waals surface area contributed by atoms with Crippen molar-refractivity contribution in [2.75, 3.05) is 25.6 Å². The van der Waals surface area contributed by atoms with Crippen LogP contribution < -0.4 is 10.1 Å². The van der Waals surface area contributed by atoms with Crippen LogP contribution in [0.25, 0.3) is 0 Å². The number of pyridine rings is 1. The molecule has 8 heteroatoms. The van der Waals surface area contributed by atoms with Gasteiger partial charge in [0, 0.05) is 18.9 Å². The lowest BCUT2D eigenvalue weighted by Gasteiger charge is -2.15. The van der Waals surface area contributed by atoms with Crippen LogP contribution in [0.2, 0.25) is 0 Å². The SMILES string of the molecule is COCCOc1ncccc1NC(=O)c1cccc(CN2C(=O)c3ccccc3C2=O)c1. The highest BCUT2D eigenvalue weighted by atomic mass is 16.5. The average molecular weight is 431 g/mol. The number of amides is 3. The summed E-state index contributed by atoms with van der Waals surface area (Å²) in [6.07, 6.45) is 1.57. The van der Waals surface area contributed by atoms with Gasteiger partial charge in [-0.1, -0.05) is 24.3 Å². The first-order valence-electron chi connectivity index (χ1n) is 10.0. The van der Waals surface area contributed by atoms with E-state index in [0.29, 0.717) is 47.0 Å². The second-order valence-corrected chi connectivity index (χ2v) is 7.09. The number of carbonyl (C=O) groups is 3. The van der Waals surface area contributed by atoms with Crippen molar-refractivity contribution in [1.82, 2.24) is 9.88 Å². The summed E-state index contributed by atoms with van der Waals surface area (Å²) in [5, 5.41) is 2.79. The lowest BCUT2D eigenvalue weighted by molar-refractivity contribution is 0.0642. The monoisotopic (exact) mass is 431 g/mol. The van der Waals surface area contributed by atoms with Gasteiger partial charge in [0.05, 0.1) is 24.3 Å². The zero-order chi connectivity index (χ0) is 22.5. The Hall–Kier alpha value is -4.04. The molecule has 32 heavy (non-hydrogen) atoms. The van der Waals surface area contributed by atoms with Crippen LogP contribution in [0.5, 0.6) is 5.88 Å². The molecule has 1 aromatic heterocycles. The van der Waals surface area contributed by atoms with Gasteiger partial charge < -0.3 is 14.8 Å². The maximum atomic E-state index is 12.8. The second kappa shape index (κ2) is 9.40. The molecule has 1 N–H and O–H groups in total. The molecule has 0 atom stereocenters. The molecule has 1 aliphatic heterocycles. The number of hydrogen-bond donors (Lipinski definition) is 1. The summed E-state index contributed by atoms with van der Waals surface area (Å²) in [7, 11) is 1.57. The summed E-state index contributed by atoms with van der Waals surface area (Å²) < 4.78 is 10.5. The predicted octanol–water partition coefficient (Wildman–Crippen LogP) is 3.16. The highest BCUT2D eigenvalue weighted by molar-refractivity contribution is 6.21. The minimum Gasteiger partial charge on any atom is -0.474 e. The van der Waals surface area contributed by atoms with Crippen LogP contribution >= 0.6 is 0 Å². The van der Waals surface area contributed by atoms with Crippen molar-refractivity contribution in [3.05, 3.63) is 89.1 Å². The van der Waals surface area contributed by atoms with E-state index >= 15 is 0 Å². The molecule has 0 bridgehead atoms. The number of carbonyl (C=O) groups excluding carboxylic acids is 3. The molecular weight excluding hydrogens is 410 g/mol. The number of rotatable bonds is 8. The van der Waals surface area contributed by atoms with Gasteiger partial charge in [0.2, 0.25) is 5.88 Å². The van der Waals surface area contributed by atoms with Crippen LogP contribution in [0.3, 0.4) is 0 Å². The van der Waals surface area contributed by atoms with Crippen LogP contribution in [0.15, 0.2) is 66.9 Å². The predicted molar refractivity (Wildman–Crippen MR) is 117 cm³/mol. The molecule has 0 saturated carbocycles. The van der Waals surface area contributed by atoms with Gasteiger partial charge in [0.1, 0.15) is 12.3 Å². The Morgan fingerprint density at radius 3 is 2.44 bits per heavy atom. The van der Waals surface area contributed by atoms with Crippen molar-refractivity contribution in [1.29, 1.82) is 0 Å². The van der Waals surface area contributed by atoms with Crippen molar-refractivity contribution in [2.45, 2.75) is 6.54 Å². The minimum absolute atomic E-state index is 0.0751. The number of ether oxygens (including phenoxy) is 2. The summed E-state index contributed by atoms with van der Waals surface area (Å²) in [6.45, 7) is 0.766. The van der Waals surface area contributed by atoms with E-state index in [4.69, 9.17) is 9.47 Å². The van der Waals surface area contributed by atoms with Crippen LogP contribution in [0.4, 0.5) is 5.69 Å². The third-order valence-electron chi connectivity index (χ3n) is 4.95. The summed E-state index contributed by atoms with van der Waals surface area (Å²) >= 11 is 0. The summed E-state index contributed by atoms with van der Waals surface area (Å²) in [6, 6.07) is 16.9. The Balaban J connectivity index is 1.48. The van der Waals surface area contributed by atoms with E-state index in [9.17, 15) is 14.4 Å². The first kappa shape index (κ1) is 21.2. The Labute approximate surface area is 184 Å². The number of aromatic nitrogens is 1. The molecule has 0 fully saturated rings. The van der Waals surface area contributed by atoms with Crippen LogP contribution in [-0.2, 0) is 11.3 Å². The van der Waals surface area contributed by atoms with Gasteiger partial charge in [-0.05, 0) is 42.0 Å². The van der Waals surface area contributed by atoms with E-state index in [1.165, 1.54) is 4.90 Å². The molecule has 0 unspecified atom stereocenters. The number of anilines is 1. The molecule has 4 rings (SSSR count). The van der Waals surface area contributed by atoms with Crippen molar-refractivity contribution < 1.29 is 23.9 Å². The molecule has 2 heterocycles. The quantitative estimate of drug-likeness (QED) is 0.435. The molecule has 3 amide bonds. The number of methoxy groups -OCH3 is 1. The van der Waals surface area contributed by atoms with Gasteiger partial charge in [-0.25, -0.2) is 4.98 Å². The van der Waals surface area contributed by atoms with E-state index in [1.54, 1.807) is 74.0 Å². The normalized spacial score (nSPS) is 12.6. The van der Waals surface area contributed by atoms with Gasteiger partial charge in [0.15, 0.2) is 0 Å². The third-order valence-corrected chi connectivity index (χ3v) is 4.95. The van der Waals surface area contributed by atoms with E-state index < -0.39 is 0 Å². The van der Waals surface area contributed by atoms with Crippen LogP contribution in [-0.4, -0.2) is 47.9 Å². The number of benzene rings is 2. The molecule has 0 spiro atoms. The average Bonchev–Trinajstić information content (AvgIpc) is 3.05. The van der Waals surface area contributed by atoms with Crippen LogP contribution in [0, 0.1) is 0 Å². The number of fused-ring (bicyclic) bond motifs is 1. The number of nitrogens with zero attached hydrogens (tertiary/aromatic N) is 2. The summed E-state index contributed by atoms with van der Waals surface area (Å²) in [4.78, 5) is 43.4. The van der Waals surface area contributed by atoms with E-state index in [2.05, 4.69) is 10.3 Å². The van der Waals surface area contributed by atoms with Gasteiger partial charge in [-0.3, -0.25) is 19.3 Å². The standard InChI is InChI=1S/C24H21N3O5/c1-31-12-13-32-22-20(10-5-11-25-22)26-21(28)17-7-4-6-16(14-17)15-27-23(29)18-8-2-3-9-19(18)24(27)30/h2-11,14H,12-13,15H2,1H3,(H,26,28). The first-order chi connectivity index (χ1) is 15.6. The molecular formula is C24H21N3O5. The lowest BCUT2D eigenvalue weighted by atomic mass is 10.1.